The first kappa shape index (κ1) is 15.9. The number of unbranched alkanes of at least 4 members (excludes halogenated alkanes) is 7. The Labute approximate surface area is 100 Å². The summed E-state index contributed by atoms with van der Waals surface area (Å²) in [5, 5.41) is 20.4. The molecule has 0 aliphatic rings. The van der Waals surface area contributed by atoms with E-state index in [9.17, 15) is 0 Å². The lowest BCUT2D eigenvalue weighted by Gasteiger charge is -2.05. The molecule has 0 saturated carbocycles. The Morgan fingerprint density at radius 3 is 1.94 bits per heavy atom. The Balaban J connectivity index is 2.88. The SMILES string of the molecule is CCCCCCCCCCNCCC(O)O. The molecule has 0 amide bonds. The lowest BCUT2D eigenvalue weighted by molar-refractivity contribution is -0.0443. The van der Waals surface area contributed by atoms with Crippen LogP contribution in [0.1, 0.15) is 64.7 Å². The van der Waals surface area contributed by atoms with E-state index in [0.29, 0.717) is 13.0 Å². The maximum atomic E-state index is 8.61. The summed E-state index contributed by atoms with van der Waals surface area (Å²) in [4.78, 5) is 0. The van der Waals surface area contributed by atoms with Crippen molar-refractivity contribution in [2.45, 2.75) is 71.0 Å². The standard InChI is InChI=1S/C13H29NO2/c1-2-3-4-5-6-7-8-9-11-14-12-10-13(15)16/h13-16H,2-12H2,1H3. The largest absolute Gasteiger partial charge is 0.368 e. The fourth-order valence-electron chi connectivity index (χ4n) is 1.74. The van der Waals surface area contributed by atoms with Gasteiger partial charge in [0.05, 0.1) is 0 Å². The van der Waals surface area contributed by atoms with Gasteiger partial charge in [0.2, 0.25) is 0 Å². The number of aliphatic hydroxyl groups excluding tert-OH is 1. The number of hydrogen-bond acceptors (Lipinski definition) is 3. The molecule has 3 N–H and O–H groups in total. The molecule has 16 heavy (non-hydrogen) atoms. The van der Waals surface area contributed by atoms with Gasteiger partial charge in [0, 0.05) is 6.42 Å². The van der Waals surface area contributed by atoms with Crippen LogP contribution in [-0.4, -0.2) is 29.6 Å². The molecule has 0 unspecified atom stereocenters. The summed E-state index contributed by atoms with van der Waals surface area (Å²) in [7, 11) is 0. The van der Waals surface area contributed by atoms with Crippen molar-refractivity contribution in [1.82, 2.24) is 5.32 Å². The number of hydrogen-bond donors (Lipinski definition) is 3. The summed E-state index contributed by atoms with van der Waals surface area (Å²) in [6, 6.07) is 0. The van der Waals surface area contributed by atoms with Gasteiger partial charge in [-0.1, -0.05) is 51.9 Å². The van der Waals surface area contributed by atoms with Gasteiger partial charge in [-0.3, -0.25) is 0 Å². The van der Waals surface area contributed by atoms with Gasteiger partial charge in [0.1, 0.15) is 0 Å². The van der Waals surface area contributed by atoms with Crippen molar-refractivity contribution in [1.29, 1.82) is 0 Å². The van der Waals surface area contributed by atoms with Crippen LogP contribution in [0.25, 0.3) is 0 Å². The number of aliphatic hydroxyl groups is 2. The molecule has 0 aliphatic heterocycles. The zero-order valence-electron chi connectivity index (χ0n) is 10.7. The average Bonchev–Trinajstić information content (AvgIpc) is 2.25. The quantitative estimate of drug-likeness (QED) is 0.357. The van der Waals surface area contributed by atoms with Crippen LogP contribution in [0.2, 0.25) is 0 Å². The Hall–Kier alpha value is -0.120. The van der Waals surface area contributed by atoms with Crippen LogP contribution in [0.4, 0.5) is 0 Å². The smallest absolute Gasteiger partial charge is 0.152 e. The molecule has 0 bridgehead atoms. The molecule has 3 nitrogen and oxygen atoms in total. The highest BCUT2D eigenvalue weighted by atomic mass is 16.5. The maximum absolute atomic E-state index is 8.61. The molecule has 0 aromatic carbocycles. The minimum atomic E-state index is -1.16. The van der Waals surface area contributed by atoms with Crippen molar-refractivity contribution < 1.29 is 10.2 Å². The second-order valence-corrected chi connectivity index (χ2v) is 4.49. The molecule has 98 valence electrons. The van der Waals surface area contributed by atoms with E-state index in [1.54, 1.807) is 0 Å². The van der Waals surface area contributed by atoms with E-state index in [1.807, 2.05) is 0 Å². The zero-order valence-corrected chi connectivity index (χ0v) is 10.7. The van der Waals surface area contributed by atoms with E-state index < -0.39 is 6.29 Å². The Kier molecular flexibility index (Phi) is 12.9. The summed E-state index contributed by atoms with van der Waals surface area (Å²) in [5.74, 6) is 0. The van der Waals surface area contributed by atoms with Crippen LogP contribution in [0, 0.1) is 0 Å². The normalized spacial score (nSPS) is 11.2. The van der Waals surface area contributed by atoms with Crippen LogP contribution in [-0.2, 0) is 0 Å². The molecule has 0 aliphatic carbocycles. The van der Waals surface area contributed by atoms with Crippen LogP contribution < -0.4 is 5.32 Å². The third kappa shape index (κ3) is 13.9. The highest BCUT2D eigenvalue weighted by Gasteiger charge is 1.95. The van der Waals surface area contributed by atoms with E-state index in [1.165, 1.54) is 51.4 Å². The van der Waals surface area contributed by atoms with Crippen molar-refractivity contribution in [3.63, 3.8) is 0 Å². The van der Waals surface area contributed by atoms with E-state index >= 15 is 0 Å². The topological polar surface area (TPSA) is 52.5 Å². The molecule has 0 atom stereocenters. The van der Waals surface area contributed by atoms with Crippen molar-refractivity contribution in [2.24, 2.45) is 0 Å². The van der Waals surface area contributed by atoms with Crippen LogP contribution in [0.3, 0.4) is 0 Å². The van der Waals surface area contributed by atoms with Crippen LogP contribution >= 0.6 is 0 Å². The Morgan fingerprint density at radius 1 is 0.812 bits per heavy atom. The summed E-state index contributed by atoms with van der Waals surface area (Å²) >= 11 is 0. The minimum absolute atomic E-state index is 0.428. The third-order valence-electron chi connectivity index (χ3n) is 2.79. The fourth-order valence-corrected chi connectivity index (χ4v) is 1.74. The molecule has 3 heteroatoms. The molecular weight excluding hydrogens is 202 g/mol. The molecule has 0 aromatic rings. The van der Waals surface area contributed by atoms with Gasteiger partial charge in [-0.25, -0.2) is 0 Å². The first-order chi connectivity index (χ1) is 7.77. The first-order valence-corrected chi connectivity index (χ1v) is 6.84. The predicted molar refractivity (Wildman–Crippen MR) is 68.3 cm³/mol. The highest BCUT2D eigenvalue weighted by molar-refractivity contribution is 4.51. The molecular formula is C13H29NO2. The van der Waals surface area contributed by atoms with E-state index in [2.05, 4.69) is 12.2 Å². The van der Waals surface area contributed by atoms with Crippen molar-refractivity contribution in [3.05, 3.63) is 0 Å². The lowest BCUT2D eigenvalue weighted by Crippen LogP contribution is -2.21. The van der Waals surface area contributed by atoms with E-state index in [0.717, 1.165) is 6.54 Å². The maximum Gasteiger partial charge on any atom is 0.152 e. The van der Waals surface area contributed by atoms with Crippen molar-refractivity contribution in [3.8, 4) is 0 Å². The molecule has 0 rings (SSSR count). The van der Waals surface area contributed by atoms with Crippen molar-refractivity contribution >= 4 is 0 Å². The second kappa shape index (κ2) is 12.9. The van der Waals surface area contributed by atoms with Gasteiger partial charge in [-0.15, -0.1) is 0 Å². The molecule has 0 heterocycles. The molecule has 0 saturated heterocycles. The third-order valence-corrected chi connectivity index (χ3v) is 2.79. The number of nitrogens with one attached hydrogen (secondary N) is 1. The van der Waals surface area contributed by atoms with E-state index in [-0.39, 0.29) is 0 Å². The molecule has 0 spiro atoms. The summed E-state index contributed by atoms with van der Waals surface area (Å²) in [5.41, 5.74) is 0. The fraction of sp³-hybridized carbons (Fsp3) is 1.00. The molecule has 0 fully saturated rings. The van der Waals surface area contributed by atoms with Gasteiger partial charge in [0.15, 0.2) is 6.29 Å². The van der Waals surface area contributed by atoms with Gasteiger partial charge >= 0.3 is 0 Å². The molecule has 0 aromatic heterocycles. The van der Waals surface area contributed by atoms with Crippen molar-refractivity contribution in [2.75, 3.05) is 13.1 Å². The first-order valence-electron chi connectivity index (χ1n) is 6.84. The van der Waals surface area contributed by atoms with Gasteiger partial charge in [-0.05, 0) is 19.5 Å². The van der Waals surface area contributed by atoms with Gasteiger partial charge in [-0.2, -0.15) is 0 Å². The Morgan fingerprint density at radius 2 is 1.38 bits per heavy atom. The van der Waals surface area contributed by atoms with Crippen LogP contribution in [0.15, 0.2) is 0 Å². The summed E-state index contributed by atoms with van der Waals surface area (Å²) in [6.07, 6.45) is 9.95. The monoisotopic (exact) mass is 231 g/mol. The van der Waals surface area contributed by atoms with Gasteiger partial charge in [0.25, 0.3) is 0 Å². The average molecular weight is 231 g/mol. The van der Waals surface area contributed by atoms with Gasteiger partial charge < -0.3 is 15.5 Å². The highest BCUT2D eigenvalue weighted by Crippen LogP contribution is 2.07. The van der Waals surface area contributed by atoms with E-state index in [4.69, 9.17) is 10.2 Å². The Bertz CT molecular complexity index is 129. The van der Waals surface area contributed by atoms with Crippen LogP contribution in [0.5, 0.6) is 0 Å². The summed E-state index contributed by atoms with van der Waals surface area (Å²) in [6.45, 7) is 3.95. The predicted octanol–water partition coefficient (Wildman–Crippen LogP) is 2.42. The second-order valence-electron chi connectivity index (χ2n) is 4.49. The lowest BCUT2D eigenvalue weighted by atomic mass is 10.1. The summed E-state index contributed by atoms with van der Waals surface area (Å²) < 4.78 is 0. The molecule has 0 radical (unpaired) electrons. The number of rotatable bonds is 12. The minimum Gasteiger partial charge on any atom is -0.368 e. The zero-order chi connectivity index (χ0) is 12.1.